The molecule has 0 radical (unpaired) electrons. The van der Waals surface area contributed by atoms with Gasteiger partial charge in [-0.2, -0.15) is 0 Å². The maximum Gasteiger partial charge on any atom is 0.340 e. The van der Waals surface area contributed by atoms with E-state index in [0.29, 0.717) is 16.8 Å². The van der Waals surface area contributed by atoms with Gasteiger partial charge in [0.2, 0.25) is 0 Å². The van der Waals surface area contributed by atoms with E-state index in [1.807, 2.05) is 0 Å². The average molecular weight is 301 g/mol. The smallest absolute Gasteiger partial charge is 0.340 e. The number of rotatable bonds is 4. The molecule has 1 aliphatic rings. The van der Waals surface area contributed by atoms with Crippen LogP contribution >= 0.6 is 15.9 Å². The summed E-state index contributed by atoms with van der Waals surface area (Å²) >= 11 is 3.21. The topological polar surface area (TPSA) is 55.8 Å². The molecule has 1 aromatic rings. The minimum absolute atomic E-state index is 0.0793. The van der Waals surface area contributed by atoms with Gasteiger partial charge >= 0.3 is 5.97 Å². The number of aromatic carboxylic acids is 1. The number of carboxylic acid groups (broad SMARTS) is 1. The molecule has 0 aromatic heterocycles. The number of halogens is 1. The van der Waals surface area contributed by atoms with Crippen LogP contribution < -0.4 is 4.74 Å². The third-order valence-electron chi connectivity index (χ3n) is 2.64. The standard InChI is InChI=1S/C12H13BrO4/c13-9-4-1-5-10(11(9)12(14)15)17-7-8-3-2-6-16-8/h1,4-5,8H,2-3,6-7H2,(H,14,15). The second-order valence-electron chi connectivity index (χ2n) is 3.86. The summed E-state index contributed by atoms with van der Waals surface area (Å²) in [7, 11) is 0. The quantitative estimate of drug-likeness (QED) is 0.929. The van der Waals surface area contributed by atoms with Crippen LogP contribution in [0.25, 0.3) is 0 Å². The Morgan fingerprint density at radius 2 is 2.41 bits per heavy atom. The van der Waals surface area contributed by atoms with Crippen molar-refractivity contribution >= 4 is 21.9 Å². The summed E-state index contributed by atoms with van der Waals surface area (Å²) in [4.78, 5) is 11.1. The molecule has 4 nitrogen and oxygen atoms in total. The normalized spacial score (nSPS) is 19.2. The van der Waals surface area contributed by atoms with E-state index in [0.717, 1.165) is 19.4 Å². The van der Waals surface area contributed by atoms with E-state index < -0.39 is 5.97 Å². The number of carboxylic acids is 1. The maximum absolute atomic E-state index is 11.1. The Hall–Kier alpha value is -1.07. The van der Waals surface area contributed by atoms with Crippen LogP contribution in [0.2, 0.25) is 0 Å². The molecule has 1 aliphatic heterocycles. The molecule has 0 bridgehead atoms. The summed E-state index contributed by atoms with van der Waals surface area (Å²) in [5, 5.41) is 9.10. The Bertz CT molecular complexity index is 413. The minimum atomic E-state index is -1.00. The van der Waals surface area contributed by atoms with E-state index in [4.69, 9.17) is 14.6 Å². The predicted molar refractivity (Wildman–Crippen MR) is 65.6 cm³/mol. The summed E-state index contributed by atoms with van der Waals surface area (Å²) in [6, 6.07) is 5.09. The van der Waals surface area contributed by atoms with Crippen molar-refractivity contribution in [3.05, 3.63) is 28.2 Å². The van der Waals surface area contributed by atoms with Crippen molar-refractivity contribution in [2.45, 2.75) is 18.9 Å². The van der Waals surface area contributed by atoms with Crippen molar-refractivity contribution in [2.24, 2.45) is 0 Å². The van der Waals surface area contributed by atoms with Crippen LogP contribution in [-0.2, 0) is 4.74 Å². The van der Waals surface area contributed by atoms with Gasteiger partial charge in [-0.15, -0.1) is 0 Å². The van der Waals surface area contributed by atoms with Gasteiger partial charge in [0.1, 0.15) is 17.9 Å². The van der Waals surface area contributed by atoms with Crippen LogP contribution in [0.4, 0.5) is 0 Å². The molecule has 92 valence electrons. The molecule has 0 amide bonds. The molecular formula is C12H13BrO4. The highest BCUT2D eigenvalue weighted by molar-refractivity contribution is 9.10. The number of carbonyl (C=O) groups is 1. The zero-order valence-electron chi connectivity index (χ0n) is 9.19. The molecule has 1 saturated heterocycles. The molecule has 1 aromatic carbocycles. The molecular weight excluding hydrogens is 288 g/mol. The highest BCUT2D eigenvalue weighted by atomic mass is 79.9. The van der Waals surface area contributed by atoms with Crippen molar-refractivity contribution in [3.63, 3.8) is 0 Å². The lowest BCUT2D eigenvalue weighted by atomic mass is 10.2. The fourth-order valence-electron chi connectivity index (χ4n) is 1.79. The van der Waals surface area contributed by atoms with E-state index in [-0.39, 0.29) is 11.7 Å². The largest absolute Gasteiger partial charge is 0.490 e. The highest BCUT2D eigenvalue weighted by Crippen LogP contribution is 2.27. The lowest BCUT2D eigenvalue weighted by Crippen LogP contribution is -2.17. The van der Waals surface area contributed by atoms with Crippen molar-refractivity contribution < 1.29 is 19.4 Å². The second kappa shape index (κ2) is 5.51. The third kappa shape index (κ3) is 2.98. The summed E-state index contributed by atoms with van der Waals surface area (Å²) in [5.74, 6) is -0.623. The van der Waals surface area contributed by atoms with E-state index in [9.17, 15) is 4.79 Å². The fraction of sp³-hybridized carbons (Fsp3) is 0.417. The Morgan fingerprint density at radius 1 is 1.59 bits per heavy atom. The molecule has 0 aliphatic carbocycles. The van der Waals surface area contributed by atoms with Crippen LogP contribution in [-0.4, -0.2) is 30.4 Å². The van der Waals surface area contributed by atoms with Crippen molar-refractivity contribution in [1.29, 1.82) is 0 Å². The summed E-state index contributed by atoms with van der Waals surface area (Å²) in [6.07, 6.45) is 2.09. The number of hydrogen-bond donors (Lipinski definition) is 1. The first kappa shape index (κ1) is 12.4. The van der Waals surface area contributed by atoms with Gasteiger partial charge in [0.25, 0.3) is 0 Å². The van der Waals surface area contributed by atoms with Gasteiger partial charge in [-0.25, -0.2) is 4.79 Å². The summed E-state index contributed by atoms with van der Waals surface area (Å²) in [5.41, 5.74) is 0.158. The first-order chi connectivity index (χ1) is 8.18. The number of ether oxygens (including phenoxy) is 2. The van der Waals surface area contributed by atoms with Crippen molar-refractivity contribution in [3.8, 4) is 5.75 Å². The van der Waals surface area contributed by atoms with Gasteiger partial charge in [-0.3, -0.25) is 0 Å². The van der Waals surface area contributed by atoms with Crippen LogP contribution in [0.5, 0.6) is 5.75 Å². The molecule has 0 saturated carbocycles. The van der Waals surface area contributed by atoms with Crippen LogP contribution in [0.15, 0.2) is 22.7 Å². The summed E-state index contributed by atoms with van der Waals surface area (Å²) in [6.45, 7) is 1.16. The van der Waals surface area contributed by atoms with Crippen LogP contribution in [0.3, 0.4) is 0 Å². The van der Waals surface area contributed by atoms with Gasteiger partial charge in [0.05, 0.1) is 6.10 Å². The fourth-order valence-corrected chi connectivity index (χ4v) is 2.31. The van der Waals surface area contributed by atoms with Crippen molar-refractivity contribution in [1.82, 2.24) is 0 Å². The Labute approximate surface area is 108 Å². The van der Waals surface area contributed by atoms with Gasteiger partial charge in [0.15, 0.2) is 0 Å². The minimum Gasteiger partial charge on any atom is -0.490 e. The molecule has 1 fully saturated rings. The molecule has 2 rings (SSSR count). The number of benzene rings is 1. The van der Waals surface area contributed by atoms with E-state index in [1.165, 1.54) is 0 Å². The maximum atomic E-state index is 11.1. The third-order valence-corrected chi connectivity index (χ3v) is 3.30. The highest BCUT2D eigenvalue weighted by Gasteiger charge is 2.19. The lowest BCUT2D eigenvalue weighted by molar-refractivity contribution is 0.0628. The van der Waals surface area contributed by atoms with E-state index in [2.05, 4.69) is 15.9 Å². The first-order valence-electron chi connectivity index (χ1n) is 5.44. The van der Waals surface area contributed by atoms with Gasteiger partial charge in [-0.05, 0) is 40.9 Å². The monoisotopic (exact) mass is 300 g/mol. The molecule has 5 heteroatoms. The molecule has 1 N–H and O–H groups in total. The Morgan fingerprint density at radius 3 is 3.06 bits per heavy atom. The Balaban J connectivity index is 2.09. The lowest BCUT2D eigenvalue weighted by Gasteiger charge is -2.13. The predicted octanol–water partition coefficient (Wildman–Crippen LogP) is 2.71. The van der Waals surface area contributed by atoms with Crippen molar-refractivity contribution in [2.75, 3.05) is 13.2 Å². The average Bonchev–Trinajstić information content (AvgIpc) is 2.78. The Kier molecular flexibility index (Phi) is 4.02. The van der Waals surface area contributed by atoms with Gasteiger partial charge in [0, 0.05) is 11.1 Å². The summed E-state index contributed by atoms with van der Waals surface area (Å²) < 4.78 is 11.5. The molecule has 1 atom stereocenters. The molecule has 0 spiro atoms. The first-order valence-corrected chi connectivity index (χ1v) is 6.24. The van der Waals surface area contributed by atoms with Crippen LogP contribution in [0.1, 0.15) is 23.2 Å². The zero-order chi connectivity index (χ0) is 12.3. The molecule has 17 heavy (non-hydrogen) atoms. The number of hydrogen-bond acceptors (Lipinski definition) is 3. The van der Waals surface area contributed by atoms with Gasteiger partial charge < -0.3 is 14.6 Å². The SMILES string of the molecule is O=C(O)c1c(Br)cccc1OCC1CCCO1. The zero-order valence-corrected chi connectivity index (χ0v) is 10.8. The van der Waals surface area contributed by atoms with E-state index in [1.54, 1.807) is 18.2 Å². The van der Waals surface area contributed by atoms with Gasteiger partial charge in [-0.1, -0.05) is 6.07 Å². The van der Waals surface area contributed by atoms with Crippen LogP contribution in [0, 0.1) is 0 Å². The van der Waals surface area contributed by atoms with E-state index >= 15 is 0 Å². The second-order valence-corrected chi connectivity index (χ2v) is 4.72. The molecule has 1 unspecified atom stereocenters. The molecule has 1 heterocycles.